The van der Waals surface area contributed by atoms with Crippen molar-refractivity contribution in [3.63, 3.8) is 0 Å². The van der Waals surface area contributed by atoms with Gasteiger partial charge in [0.15, 0.2) is 0 Å². The molecule has 1 rings (SSSR count). The Morgan fingerprint density at radius 1 is 1.40 bits per heavy atom. The molecule has 1 heterocycles. The Morgan fingerprint density at radius 2 is 2.13 bits per heavy atom. The molecule has 0 bridgehead atoms. The number of aliphatic hydroxyl groups is 1. The van der Waals surface area contributed by atoms with Gasteiger partial charge in [-0.1, -0.05) is 13.8 Å². The summed E-state index contributed by atoms with van der Waals surface area (Å²) in [6.07, 6.45) is 4.04. The van der Waals surface area contributed by atoms with Gasteiger partial charge in [0.05, 0.1) is 18.8 Å². The second-order valence-electron chi connectivity index (χ2n) is 4.66. The van der Waals surface area contributed by atoms with E-state index >= 15 is 0 Å². The first-order valence-electron chi connectivity index (χ1n) is 6.21. The number of hydrogen-bond acceptors (Lipinski definition) is 3. The Bertz CT molecular complexity index is 163. The molecule has 1 fully saturated rings. The predicted octanol–water partition coefficient (Wildman–Crippen LogP) is 1.55. The molecular formula is C12H25NO2. The highest BCUT2D eigenvalue weighted by Crippen LogP contribution is 2.16. The molecule has 3 heteroatoms. The maximum atomic E-state index is 10.0. The van der Waals surface area contributed by atoms with Crippen molar-refractivity contribution in [2.24, 2.45) is 5.92 Å². The maximum Gasteiger partial charge on any atom is 0.0874 e. The first kappa shape index (κ1) is 12.9. The third kappa shape index (κ3) is 4.49. The molecular weight excluding hydrogens is 190 g/mol. The normalized spacial score (nSPS) is 23.0. The summed E-state index contributed by atoms with van der Waals surface area (Å²) in [7, 11) is 0. The molecule has 0 aromatic carbocycles. The van der Waals surface area contributed by atoms with Crippen LogP contribution in [0.5, 0.6) is 0 Å². The molecule has 1 unspecified atom stereocenters. The third-order valence-electron chi connectivity index (χ3n) is 3.44. The van der Waals surface area contributed by atoms with Crippen LogP contribution in [0.3, 0.4) is 0 Å². The van der Waals surface area contributed by atoms with E-state index in [1.165, 1.54) is 12.8 Å². The van der Waals surface area contributed by atoms with Crippen LogP contribution in [0, 0.1) is 5.92 Å². The zero-order valence-electron chi connectivity index (χ0n) is 10.1. The molecule has 0 spiro atoms. The van der Waals surface area contributed by atoms with Gasteiger partial charge in [0, 0.05) is 6.54 Å². The largest absolute Gasteiger partial charge is 0.388 e. The van der Waals surface area contributed by atoms with Gasteiger partial charge in [0.25, 0.3) is 0 Å². The highest BCUT2D eigenvalue weighted by atomic mass is 16.5. The maximum absolute atomic E-state index is 10.0. The van der Waals surface area contributed by atoms with Crippen molar-refractivity contribution < 1.29 is 9.84 Å². The average Bonchev–Trinajstić information content (AvgIpc) is 2.30. The zero-order valence-corrected chi connectivity index (χ0v) is 10.1. The van der Waals surface area contributed by atoms with Crippen molar-refractivity contribution in [1.82, 2.24) is 5.32 Å². The number of hydrogen-bond donors (Lipinski definition) is 2. The van der Waals surface area contributed by atoms with Crippen LogP contribution >= 0.6 is 0 Å². The molecule has 1 atom stereocenters. The highest BCUT2D eigenvalue weighted by Gasteiger charge is 2.23. The average molecular weight is 215 g/mol. The topological polar surface area (TPSA) is 41.5 Å². The van der Waals surface area contributed by atoms with Crippen LogP contribution in [0.25, 0.3) is 0 Å². The molecule has 15 heavy (non-hydrogen) atoms. The van der Waals surface area contributed by atoms with Crippen molar-refractivity contribution in [1.29, 1.82) is 0 Å². The number of rotatable bonds is 6. The van der Waals surface area contributed by atoms with Gasteiger partial charge in [-0.2, -0.15) is 0 Å². The molecule has 0 saturated carbocycles. The summed E-state index contributed by atoms with van der Waals surface area (Å²) in [5.74, 6) is 0.636. The molecule has 0 amide bonds. The van der Waals surface area contributed by atoms with Crippen LogP contribution < -0.4 is 5.32 Å². The number of ether oxygens (including phenoxy) is 1. The van der Waals surface area contributed by atoms with Crippen molar-refractivity contribution in [2.45, 2.75) is 45.1 Å². The lowest BCUT2D eigenvalue weighted by Crippen LogP contribution is -2.36. The van der Waals surface area contributed by atoms with E-state index in [2.05, 4.69) is 5.32 Å². The summed E-state index contributed by atoms with van der Waals surface area (Å²) in [6, 6.07) is 0. The van der Waals surface area contributed by atoms with Gasteiger partial charge in [-0.25, -0.2) is 0 Å². The Morgan fingerprint density at radius 3 is 2.67 bits per heavy atom. The van der Waals surface area contributed by atoms with E-state index in [1.54, 1.807) is 0 Å². The van der Waals surface area contributed by atoms with Crippen LogP contribution in [-0.2, 0) is 4.74 Å². The van der Waals surface area contributed by atoms with E-state index in [4.69, 9.17) is 4.74 Å². The minimum atomic E-state index is -0.609. The van der Waals surface area contributed by atoms with Gasteiger partial charge in [0.1, 0.15) is 0 Å². The molecule has 0 aromatic heterocycles. The minimum absolute atomic E-state index is 0.483. The van der Waals surface area contributed by atoms with Gasteiger partial charge in [-0.15, -0.1) is 0 Å². The first-order valence-corrected chi connectivity index (χ1v) is 6.21. The molecule has 1 aliphatic heterocycles. The van der Waals surface area contributed by atoms with E-state index < -0.39 is 5.60 Å². The zero-order chi connectivity index (χ0) is 11.1. The van der Waals surface area contributed by atoms with Crippen molar-refractivity contribution in [3.8, 4) is 0 Å². The van der Waals surface area contributed by atoms with Crippen LogP contribution in [-0.4, -0.2) is 37.0 Å². The van der Waals surface area contributed by atoms with Crippen LogP contribution in [0.2, 0.25) is 0 Å². The van der Waals surface area contributed by atoms with Gasteiger partial charge in [-0.3, -0.25) is 0 Å². The van der Waals surface area contributed by atoms with E-state index in [9.17, 15) is 5.11 Å². The third-order valence-corrected chi connectivity index (χ3v) is 3.44. The second kappa shape index (κ2) is 6.46. The summed E-state index contributed by atoms with van der Waals surface area (Å²) < 4.78 is 5.63. The molecule has 1 aliphatic rings. The number of nitrogens with one attached hydrogen (secondary N) is 1. The monoisotopic (exact) mass is 215 g/mol. The standard InChI is InChI=1S/C12H25NO2/c1-3-12(14,4-2)10-15-9-11-6-5-7-13-8-11/h11,13-14H,3-10H2,1-2H3. The molecule has 0 radical (unpaired) electrons. The summed E-state index contributed by atoms with van der Waals surface area (Å²) in [5, 5.41) is 13.4. The smallest absolute Gasteiger partial charge is 0.0874 e. The van der Waals surface area contributed by atoms with Crippen LogP contribution in [0.15, 0.2) is 0 Å². The van der Waals surface area contributed by atoms with E-state index in [-0.39, 0.29) is 0 Å². The van der Waals surface area contributed by atoms with E-state index in [1.807, 2.05) is 13.8 Å². The molecule has 0 aliphatic carbocycles. The van der Waals surface area contributed by atoms with E-state index in [0.717, 1.165) is 32.5 Å². The SMILES string of the molecule is CCC(O)(CC)COCC1CCCNC1. The lowest BCUT2D eigenvalue weighted by molar-refractivity contribution is -0.0596. The van der Waals surface area contributed by atoms with Crippen LogP contribution in [0.4, 0.5) is 0 Å². The van der Waals surface area contributed by atoms with E-state index in [0.29, 0.717) is 12.5 Å². The number of piperidine rings is 1. The molecule has 2 N–H and O–H groups in total. The summed E-state index contributed by atoms with van der Waals surface area (Å²) >= 11 is 0. The summed E-state index contributed by atoms with van der Waals surface area (Å²) in [5.41, 5.74) is -0.609. The lowest BCUT2D eigenvalue weighted by atomic mass is 9.98. The van der Waals surface area contributed by atoms with Crippen molar-refractivity contribution in [2.75, 3.05) is 26.3 Å². The van der Waals surface area contributed by atoms with Crippen molar-refractivity contribution in [3.05, 3.63) is 0 Å². The Kier molecular flexibility index (Phi) is 5.58. The summed E-state index contributed by atoms with van der Waals surface area (Å²) in [4.78, 5) is 0. The van der Waals surface area contributed by atoms with Gasteiger partial charge >= 0.3 is 0 Å². The fourth-order valence-electron chi connectivity index (χ4n) is 1.94. The highest BCUT2D eigenvalue weighted by molar-refractivity contribution is 4.75. The summed E-state index contributed by atoms with van der Waals surface area (Å²) in [6.45, 7) is 7.50. The first-order chi connectivity index (χ1) is 7.20. The quantitative estimate of drug-likeness (QED) is 0.706. The molecule has 0 aromatic rings. The van der Waals surface area contributed by atoms with Gasteiger partial charge < -0.3 is 15.2 Å². The molecule has 90 valence electrons. The predicted molar refractivity (Wildman–Crippen MR) is 61.9 cm³/mol. The van der Waals surface area contributed by atoms with Crippen molar-refractivity contribution >= 4 is 0 Å². The van der Waals surface area contributed by atoms with Crippen LogP contribution in [0.1, 0.15) is 39.5 Å². The Balaban J connectivity index is 2.14. The molecule has 3 nitrogen and oxygen atoms in total. The van der Waals surface area contributed by atoms with Gasteiger partial charge in [0.2, 0.25) is 0 Å². The molecule has 1 saturated heterocycles. The Hall–Kier alpha value is -0.120. The second-order valence-corrected chi connectivity index (χ2v) is 4.66. The fraction of sp³-hybridized carbons (Fsp3) is 1.00. The Labute approximate surface area is 93.2 Å². The van der Waals surface area contributed by atoms with Gasteiger partial charge in [-0.05, 0) is 38.1 Å². The minimum Gasteiger partial charge on any atom is -0.388 e. The lowest BCUT2D eigenvalue weighted by Gasteiger charge is -2.27. The fourth-order valence-corrected chi connectivity index (χ4v) is 1.94.